The van der Waals surface area contributed by atoms with Gasteiger partial charge in [-0.05, 0) is 25.5 Å². The smallest absolute Gasteiger partial charge is 0.244 e. The summed E-state index contributed by atoms with van der Waals surface area (Å²) in [4.78, 5) is 11.5. The van der Waals surface area contributed by atoms with Crippen LogP contribution in [0, 0.1) is 6.92 Å². The van der Waals surface area contributed by atoms with E-state index in [2.05, 4.69) is 10.0 Å². The molecular weight excluding hydrogens is 284 g/mol. The van der Waals surface area contributed by atoms with Gasteiger partial charge in [-0.1, -0.05) is 17.7 Å². The third-order valence-corrected chi connectivity index (χ3v) is 5.90. The van der Waals surface area contributed by atoms with Gasteiger partial charge in [0.1, 0.15) is 0 Å². The zero-order valence-electron chi connectivity index (χ0n) is 10.5. The number of piperidine rings is 1. The van der Waals surface area contributed by atoms with Crippen molar-refractivity contribution in [2.24, 2.45) is 0 Å². The maximum atomic E-state index is 12.1. The SMILES string of the molecule is Cc1ccc(S(=O)(=O)SNC2CCNC(=O)C2)cc1. The van der Waals surface area contributed by atoms with Gasteiger partial charge in [-0.3, -0.25) is 4.79 Å². The highest BCUT2D eigenvalue weighted by Gasteiger charge is 2.22. The molecule has 0 saturated carbocycles. The molecule has 1 aromatic carbocycles. The second kappa shape index (κ2) is 5.94. The van der Waals surface area contributed by atoms with Crippen molar-refractivity contribution in [3.05, 3.63) is 29.8 Å². The van der Waals surface area contributed by atoms with Crippen molar-refractivity contribution >= 4 is 25.8 Å². The minimum absolute atomic E-state index is 0.0444. The largest absolute Gasteiger partial charge is 0.356 e. The van der Waals surface area contributed by atoms with Crippen LogP contribution in [0.5, 0.6) is 0 Å². The predicted octanol–water partition coefficient (Wildman–Crippen LogP) is 1.20. The van der Waals surface area contributed by atoms with E-state index < -0.39 is 8.87 Å². The zero-order chi connectivity index (χ0) is 13.9. The summed E-state index contributed by atoms with van der Waals surface area (Å²) < 4.78 is 27.0. The van der Waals surface area contributed by atoms with Crippen LogP contribution in [0.1, 0.15) is 18.4 Å². The highest BCUT2D eigenvalue weighted by molar-refractivity contribution is 8.71. The average molecular weight is 300 g/mol. The van der Waals surface area contributed by atoms with Gasteiger partial charge in [0.15, 0.2) is 0 Å². The van der Waals surface area contributed by atoms with Crippen molar-refractivity contribution in [3.8, 4) is 0 Å². The van der Waals surface area contributed by atoms with Crippen LogP contribution in [0.3, 0.4) is 0 Å². The molecule has 1 heterocycles. The second-order valence-corrected chi connectivity index (χ2v) is 8.11. The van der Waals surface area contributed by atoms with Crippen molar-refractivity contribution in [1.29, 1.82) is 0 Å². The Hall–Kier alpha value is -1.05. The van der Waals surface area contributed by atoms with Crippen molar-refractivity contribution in [2.45, 2.75) is 30.7 Å². The Kier molecular flexibility index (Phi) is 4.49. The molecule has 0 radical (unpaired) electrons. The Morgan fingerprint density at radius 3 is 2.63 bits per heavy atom. The molecular formula is C12H16N2O3S2. The van der Waals surface area contributed by atoms with E-state index in [4.69, 9.17) is 0 Å². The molecule has 1 unspecified atom stereocenters. The summed E-state index contributed by atoms with van der Waals surface area (Å²) in [5.41, 5.74) is 1.01. The van der Waals surface area contributed by atoms with Crippen LogP contribution in [-0.2, 0) is 13.7 Å². The Balaban J connectivity index is 1.97. The topological polar surface area (TPSA) is 75.3 Å². The van der Waals surface area contributed by atoms with Gasteiger partial charge in [0.25, 0.3) is 0 Å². The Morgan fingerprint density at radius 1 is 1.32 bits per heavy atom. The normalized spacial score (nSPS) is 20.1. The summed E-state index contributed by atoms with van der Waals surface area (Å²) in [5, 5.41) is 2.71. The molecule has 5 nitrogen and oxygen atoms in total. The summed E-state index contributed by atoms with van der Waals surface area (Å²) in [5.74, 6) is -0.0444. The molecule has 1 aliphatic rings. The van der Waals surface area contributed by atoms with E-state index in [1.807, 2.05) is 6.92 Å². The van der Waals surface area contributed by atoms with Crippen molar-refractivity contribution in [1.82, 2.24) is 10.0 Å². The van der Waals surface area contributed by atoms with E-state index in [9.17, 15) is 13.2 Å². The summed E-state index contributed by atoms with van der Waals surface area (Å²) in [7, 11) is -2.73. The molecule has 1 saturated heterocycles. The molecule has 0 spiro atoms. The van der Waals surface area contributed by atoms with Gasteiger partial charge >= 0.3 is 0 Å². The number of nitrogens with one attached hydrogen (secondary N) is 2. The summed E-state index contributed by atoms with van der Waals surface area (Å²) in [6.45, 7) is 2.49. The van der Waals surface area contributed by atoms with Crippen LogP contribution >= 0.6 is 11.0 Å². The Morgan fingerprint density at radius 2 is 2.00 bits per heavy atom. The summed E-state index contributed by atoms with van der Waals surface area (Å²) >= 11 is 0. The fourth-order valence-corrected chi connectivity index (χ4v) is 4.21. The number of hydrogen-bond acceptors (Lipinski definition) is 5. The van der Waals surface area contributed by atoms with Gasteiger partial charge < -0.3 is 5.32 Å². The number of rotatable bonds is 4. The van der Waals surface area contributed by atoms with E-state index in [1.54, 1.807) is 24.3 Å². The highest BCUT2D eigenvalue weighted by Crippen LogP contribution is 2.22. The maximum Gasteiger partial charge on any atom is 0.244 e. The van der Waals surface area contributed by atoms with Crippen LogP contribution in [0.25, 0.3) is 0 Å². The van der Waals surface area contributed by atoms with Gasteiger partial charge in [-0.15, -0.1) is 0 Å². The molecule has 0 bridgehead atoms. The second-order valence-electron chi connectivity index (χ2n) is 4.51. The van der Waals surface area contributed by atoms with Crippen LogP contribution in [0.15, 0.2) is 29.2 Å². The third-order valence-electron chi connectivity index (χ3n) is 2.88. The molecule has 2 N–H and O–H groups in total. The first-order valence-electron chi connectivity index (χ1n) is 6.00. The van der Waals surface area contributed by atoms with Gasteiger partial charge in [-0.25, -0.2) is 13.1 Å². The fraction of sp³-hybridized carbons (Fsp3) is 0.417. The number of aryl methyl sites for hydroxylation is 1. The van der Waals surface area contributed by atoms with Crippen LogP contribution in [0.4, 0.5) is 0 Å². The molecule has 104 valence electrons. The number of carbonyl (C=O) groups excluding carboxylic acids is 1. The van der Waals surface area contributed by atoms with Crippen molar-refractivity contribution < 1.29 is 13.2 Å². The molecule has 1 aromatic rings. The fourth-order valence-electron chi connectivity index (χ4n) is 1.77. The zero-order valence-corrected chi connectivity index (χ0v) is 12.2. The maximum absolute atomic E-state index is 12.1. The molecule has 1 amide bonds. The molecule has 1 atom stereocenters. The monoisotopic (exact) mass is 300 g/mol. The lowest BCUT2D eigenvalue weighted by Gasteiger charge is -2.22. The van der Waals surface area contributed by atoms with E-state index in [1.165, 1.54) is 0 Å². The molecule has 0 aromatic heterocycles. The first kappa shape index (κ1) is 14.4. The van der Waals surface area contributed by atoms with E-state index in [-0.39, 0.29) is 16.8 Å². The average Bonchev–Trinajstić information content (AvgIpc) is 2.37. The number of amides is 1. The van der Waals surface area contributed by atoms with Gasteiger partial charge in [0, 0.05) is 19.0 Å². The van der Waals surface area contributed by atoms with Crippen LogP contribution in [-0.4, -0.2) is 26.9 Å². The lowest BCUT2D eigenvalue weighted by atomic mass is 10.1. The van der Waals surface area contributed by atoms with Gasteiger partial charge in [0.2, 0.25) is 14.8 Å². The first-order valence-corrected chi connectivity index (χ1v) is 8.81. The minimum atomic E-state index is -3.42. The Labute approximate surface area is 116 Å². The number of benzene rings is 1. The minimum Gasteiger partial charge on any atom is -0.356 e. The Bertz CT molecular complexity index is 555. The first-order chi connectivity index (χ1) is 8.97. The number of carbonyl (C=O) groups is 1. The van der Waals surface area contributed by atoms with Crippen LogP contribution in [0.2, 0.25) is 0 Å². The predicted molar refractivity (Wildman–Crippen MR) is 75.1 cm³/mol. The van der Waals surface area contributed by atoms with Crippen molar-refractivity contribution in [3.63, 3.8) is 0 Å². The molecule has 1 aliphatic heterocycles. The lowest BCUT2D eigenvalue weighted by molar-refractivity contribution is -0.122. The summed E-state index contributed by atoms with van der Waals surface area (Å²) in [6.07, 6.45) is 1.05. The molecule has 7 heteroatoms. The molecule has 0 aliphatic carbocycles. The summed E-state index contributed by atoms with van der Waals surface area (Å²) in [6, 6.07) is 6.61. The lowest BCUT2D eigenvalue weighted by Crippen LogP contribution is -2.41. The van der Waals surface area contributed by atoms with E-state index >= 15 is 0 Å². The van der Waals surface area contributed by atoms with E-state index in [0.717, 1.165) is 12.0 Å². The number of hydrogen-bond donors (Lipinski definition) is 2. The quantitative estimate of drug-likeness (QED) is 0.645. The molecule has 19 heavy (non-hydrogen) atoms. The molecule has 1 fully saturated rings. The highest BCUT2D eigenvalue weighted by atomic mass is 33.1. The third kappa shape index (κ3) is 3.95. The van der Waals surface area contributed by atoms with Crippen molar-refractivity contribution in [2.75, 3.05) is 6.54 Å². The van der Waals surface area contributed by atoms with Crippen LogP contribution < -0.4 is 10.0 Å². The molecule has 2 rings (SSSR count). The van der Waals surface area contributed by atoms with Gasteiger partial charge in [0.05, 0.1) is 15.9 Å². The standard InChI is InChI=1S/C12H16N2O3S2/c1-9-2-4-11(5-3-9)19(16,17)18-14-10-6-7-13-12(15)8-10/h2-5,10,14H,6-8H2,1H3,(H,13,15). The van der Waals surface area contributed by atoms with E-state index in [0.29, 0.717) is 23.9 Å². The van der Waals surface area contributed by atoms with Gasteiger partial charge in [-0.2, -0.15) is 0 Å².